The summed E-state index contributed by atoms with van der Waals surface area (Å²) in [5.41, 5.74) is -13.2. The molecule has 0 amide bonds. The van der Waals surface area contributed by atoms with E-state index in [4.69, 9.17) is 0 Å². The van der Waals surface area contributed by atoms with Gasteiger partial charge in [-0.25, -0.2) is 0 Å². The Morgan fingerprint density at radius 1 is 0.419 bits per heavy atom. The van der Waals surface area contributed by atoms with Crippen LogP contribution in [0.1, 0.15) is 25.7 Å². The lowest BCUT2D eigenvalue weighted by atomic mass is 9.48. The molecule has 0 saturated heterocycles. The largest absolute Gasteiger partial charge is 0.480 e. The van der Waals surface area contributed by atoms with Gasteiger partial charge in [0.05, 0.1) is 0 Å². The third kappa shape index (κ3) is 2.33. The van der Waals surface area contributed by atoms with Crippen molar-refractivity contribution in [1.82, 2.24) is 0 Å². The van der Waals surface area contributed by atoms with E-state index < -0.39 is 95.1 Å². The summed E-state index contributed by atoms with van der Waals surface area (Å²) in [7, 11) is 0. The maximum absolute atomic E-state index is 12.5. The summed E-state index contributed by atoms with van der Waals surface area (Å²) in [5, 5.41) is 55.9. The SMILES string of the molecule is O=C(O)C1(C(=O)O)CCC1(C(=O)O)C(=O)OC(=O)C1(C(=O)O)CCC1(C(=O)O)C(=O)O. The van der Waals surface area contributed by atoms with Gasteiger partial charge in [0.15, 0.2) is 21.7 Å². The normalized spacial score (nSPS) is 27.5. The van der Waals surface area contributed by atoms with Crippen molar-refractivity contribution >= 4 is 47.8 Å². The van der Waals surface area contributed by atoms with Crippen molar-refractivity contribution < 1.29 is 73.7 Å². The summed E-state index contributed by atoms with van der Waals surface area (Å²) in [6.07, 6.45) is -3.55. The molecule has 0 spiro atoms. The molecular weight excluding hydrogens is 432 g/mol. The van der Waals surface area contributed by atoms with E-state index in [1.807, 2.05) is 0 Å². The molecule has 0 aliphatic heterocycles. The number of carboxylic acid groups (broad SMARTS) is 6. The molecule has 31 heavy (non-hydrogen) atoms. The molecule has 15 nitrogen and oxygen atoms in total. The number of aliphatic carboxylic acids is 6. The Morgan fingerprint density at radius 3 is 0.742 bits per heavy atom. The fraction of sp³-hybridized carbons (Fsp3) is 0.500. The van der Waals surface area contributed by atoms with Crippen LogP contribution in [0.3, 0.4) is 0 Å². The van der Waals surface area contributed by atoms with Gasteiger partial charge in [0.2, 0.25) is 0 Å². The molecule has 0 heterocycles. The van der Waals surface area contributed by atoms with Gasteiger partial charge >= 0.3 is 47.8 Å². The summed E-state index contributed by atoms with van der Waals surface area (Å²) in [6, 6.07) is 0. The smallest absolute Gasteiger partial charge is 0.332 e. The Balaban J connectivity index is 2.56. The topological polar surface area (TPSA) is 267 Å². The van der Waals surface area contributed by atoms with Crippen molar-refractivity contribution in [1.29, 1.82) is 0 Å². The van der Waals surface area contributed by atoms with Gasteiger partial charge in [0.25, 0.3) is 0 Å². The predicted octanol–water partition coefficient (Wildman–Crippen LogP) is -1.90. The van der Waals surface area contributed by atoms with Gasteiger partial charge in [-0.3, -0.25) is 38.4 Å². The Hall–Kier alpha value is -4.04. The maximum Gasteiger partial charge on any atom is 0.332 e. The molecule has 2 fully saturated rings. The molecule has 2 aliphatic rings. The van der Waals surface area contributed by atoms with Gasteiger partial charge < -0.3 is 35.4 Å². The van der Waals surface area contributed by atoms with Crippen LogP contribution in [0.2, 0.25) is 0 Å². The molecule has 0 aromatic carbocycles. The van der Waals surface area contributed by atoms with Gasteiger partial charge in [-0.05, 0) is 25.7 Å². The molecule has 168 valence electrons. The van der Waals surface area contributed by atoms with Crippen molar-refractivity contribution in [3.05, 3.63) is 0 Å². The minimum absolute atomic E-state index is 0.856. The highest BCUT2D eigenvalue weighted by molar-refractivity contribution is 6.20. The van der Waals surface area contributed by atoms with Crippen LogP contribution in [0.4, 0.5) is 0 Å². The van der Waals surface area contributed by atoms with Crippen LogP contribution in [0.25, 0.3) is 0 Å². The molecular formula is C16H14O15. The number of hydrogen-bond acceptors (Lipinski definition) is 9. The van der Waals surface area contributed by atoms with Crippen LogP contribution in [0.15, 0.2) is 0 Å². The number of carbonyl (C=O) groups is 8. The van der Waals surface area contributed by atoms with Crippen LogP contribution < -0.4 is 0 Å². The lowest BCUT2D eigenvalue weighted by Gasteiger charge is -2.50. The van der Waals surface area contributed by atoms with Gasteiger partial charge in [0.1, 0.15) is 0 Å². The lowest BCUT2D eigenvalue weighted by Crippen LogP contribution is -2.70. The maximum atomic E-state index is 12.5. The van der Waals surface area contributed by atoms with E-state index in [1.54, 1.807) is 0 Å². The molecule has 2 unspecified atom stereocenters. The second-order valence-corrected chi connectivity index (χ2v) is 7.13. The van der Waals surface area contributed by atoms with E-state index in [-0.39, 0.29) is 0 Å². The first-order valence-electron chi connectivity index (χ1n) is 8.30. The average Bonchev–Trinajstić information content (AvgIpc) is 2.51. The van der Waals surface area contributed by atoms with E-state index in [0.29, 0.717) is 0 Å². The summed E-state index contributed by atoms with van der Waals surface area (Å²) in [4.78, 5) is 94.6. The number of carbonyl (C=O) groups excluding carboxylic acids is 2. The van der Waals surface area contributed by atoms with Gasteiger partial charge in [0, 0.05) is 0 Å². The molecule has 0 radical (unpaired) electrons. The zero-order chi connectivity index (χ0) is 24.2. The molecule has 0 bridgehead atoms. The van der Waals surface area contributed by atoms with Crippen LogP contribution in [-0.2, 0) is 43.1 Å². The molecule has 0 aromatic heterocycles. The van der Waals surface area contributed by atoms with Gasteiger partial charge in [-0.2, -0.15) is 0 Å². The molecule has 2 rings (SSSR count). The number of hydrogen-bond donors (Lipinski definition) is 6. The Kier molecular flexibility index (Phi) is 5.06. The van der Waals surface area contributed by atoms with Crippen LogP contribution in [-0.4, -0.2) is 78.4 Å². The average molecular weight is 446 g/mol. The van der Waals surface area contributed by atoms with E-state index in [1.165, 1.54) is 0 Å². The van der Waals surface area contributed by atoms with E-state index in [2.05, 4.69) is 4.74 Å². The third-order valence-corrected chi connectivity index (χ3v) is 6.28. The lowest BCUT2D eigenvalue weighted by molar-refractivity contribution is -0.224. The van der Waals surface area contributed by atoms with Crippen molar-refractivity contribution in [3.8, 4) is 0 Å². The second kappa shape index (κ2) is 6.75. The Bertz CT molecular complexity index is 856. The number of rotatable bonds is 8. The minimum atomic E-state index is -3.35. The quantitative estimate of drug-likeness (QED) is 0.175. The molecule has 6 N–H and O–H groups in total. The first kappa shape index (κ1) is 23.2. The van der Waals surface area contributed by atoms with Crippen molar-refractivity contribution in [2.75, 3.05) is 0 Å². The van der Waals surface area contributed by atoms with Crippen LogP contribution in [0.5, 0.6) is 0 Å². The first-order chi connectivity index (χ1) is 14.1. The molecule has 15 heteroatoms. The molecule has 2 atom stereocenters. The van der Waals surface area contributed by atoms with Crippen LogP contribution in [0, 0.1) is 21.7 Å². The zero-order valence-electron chi connectivity index (χ0n) is 15.2. The third-order valence-electron chi connectivity index (χ3n) is 6.28. The summed E-state index contributed by atoms with van der Waals surface area (Å²) in [6.45, 7) is 0. The number of esters is 2. The minimum Gasteiger partial charge on any atom is -0.480 e. The summed E-state index contributed by atoms with van der Waals surface area (Å²) < 4.78 is 4.21. The van der Waals surface area contributed by atoms with Gasteiger partial charge in [-0.15, -0.1) is 0 Å². The standard InChI is InChI=1S/C16H14O15/c17-5(18)13(6(19)20)1-3-15(13,9(25)26)11(29)31-12(30)16(10(27)28)4-2-14(16,7(21)22)8(23)24/h1-4H2,(H,17,18)(H,19,20)(H,21,22)(H,23,24)(H,25,26)(H,27,28). The van der Waals surface area contributed by atoms with Crippen molar-refractivity contribution in [3.63, 3.8) is 0 Å². The zero-order valence-corrected chi connectivity index (χ0v) is 15.2. The highest BCUT2D eigenvalue weighted by atomic mass is 16.6. The van der Waals surface area contributed by atoms with Crippen molar-refractivity contribution in [2.45, 2.75) is 25.7 Å². The van der Waals surface area contributed by atoms with E-state index in [0.717, 1.165) is 0 Å². The highest BCUT2D eigenvalue weighted by Crippen LogP contribution is 2.61. The fourth-order valence-corrected chi connectivity index (χ4v) is 4.16. The monoisotopic (exact) mass is 446 g/mol. The van der Waals surface area contributed by atoms with Crippen molar-refractivity contribution in [2.24, 2.45) is 21.7 Å². The predicted molar refractivity (Wildman–Crippen MR) is 85.1 cm³/mol. The fourth-order valence-electron chi connectivity index (χ4n) is 4.16. The molecule has 2 aliphatic carbocycles. The number of carboxylic acids is 6. The highest BCUT2D eigenvalue weighted by Gasteiger charge is 2.81. The molecule has 0 aromatic rings. The Labute approximate surface area is 169 Å². The molecule has 2 saturated carbocycles. The summed E-state index contributed by atoms with van der Waals surface area (Å²) in [5.74, 6) is -18.1. The first-order valence-corrected chi connectivity index (χ1v) is 8.30. The summed E-state index contributed by atoms with van der Waals surface area (Å²) >= 11 is 0. The number of ether oxygens (including phenoxy) is 1. The van der Waals surface area contributed by atoms with E-state index >= 15 is 0 Å². The van der Waals surface area contributed by atoms with E-state index in [9.17, 15) is 69.0 Å². The second-order valence-electron chi connectivity index (χ2n) is 7.13. The van der Waals surface area contributed by atoms with Gasteiger partial charge in [-0.1, -0.05) is 0 Å². The van der Waals surface area contributed by atoms with Crippen LogP contribution >= 0.6 is 0 Å². The Morgan fingerprint density at radius 2 is 0.613 bits per heavy atom.